The maximum absolute atomic E-state index is 13.4. The van der Waals surface area contributed by atoms with Crippen LogP contribution >= 0.6 is 0 Å². The zero-order valence-corrected chi connectivity index (χ0v) is 18.1. The first-order chi connectivity index (χ1) is 14.8. The molecule has 0 aliphatic carbocycles. The van der Waals surface area contributed by atoms with E-state index < -0.39 is 10.0 Å². The highest BCUT2D eigenvalue weighted by atomic mass is 32.2. The van der Waals surface area contributed by atoms with Crippen molar-refractivity contribution in [2.24, 2.45) is 11.1 Å². The first kappa shape index (κ1) is 21.3. The Morgan fingerprint density at radius 2 is 1.55 bits per heavy atom. The maximum Gasteiger partial charge on any atom is 0.278 e. The van der Waals surface area contributed by atoms with Crippen LogP contribution in [0.1, 0.15) is 30.9 Å². The molecule has 0 spiro atoms. The summed E-state index contributed by atoms with van der Waals surface area (Å²) < 4.78 is 23.0. The second-order valence-electron chi connectivity index (χ2n) is 8.14. The number of carbonyl (C=O) groups is 2. The maximum atomic E-state index is 13.4. The Balaban J connectivity index is 1.66. The molecule has 2 aromatic rings. The molecule has 0 radical (unpaired) electrons. The highest BCUT2D eigenvalue weighted by molar-refractivity contribution is 7.89. The molecule has 1 fully saturated rings. The number of rotatable bonds is 5. The van der Waals surface area contributed by atoms with Crippen LogP contribution in [0.25, 0.3) is 5.57 Å². The van der Waals surface area contributed by atoms with E-state index in [1.54, 1.807) is 12.1 Å². The molecule has 7 nitrogen and oxygen atoms in total. The molecule has 2 N–H and O–H groups in total. The summed E-state index contributed by atoms with van der Waals surface area (Å²) >= 11 is 0. The van der Waals surface area contributed by atoms with Gasteiger partial charge in [-0.2, -0.15) is 0 Å². The zero-order chi connectivity index (χ0) is 22.2. The molecule has 162 valence electrons. The molecule has 2 heterocycles. The molecule has 1 saturated heterocycles. The second kappa shape index (κ2) is 8.28. The number of primary sulfonamides is 1. The molecule has 0 atom stereocenters. The van der Waals surface area contributed by atoms with E-state index in [0.717, 1.165) is 31.5 Å². The predicted octanol–water partition coefficient (Wildman–Crippen LogP) is 2.35. The molecule has 2 amide bonds. The molecule has 0 bridgehead atoms. The number of hydrogen-bond donors (Lipinski definition) is 1. The first-order valence-electron chi connectivity index (χ1n) is 10.3. The number of sulfonamides is 1. The molecule has 8 heteroatoms. The third kappa shape index (κ3) is 4.26. The van der Waals surface area contributed by atoms with Crippen molar-refractivity contribution in [3.63, 3.8) is 0 Å². The number of hydrogen-bond acceptors (Lipinski definition) is 5. The SMILES string of the molecule is CC1CCN(C2=C(c3ccccc3)C(=O)N(Cc3ccc(S(N)(=O)=O)cc3)C2=O)CC1. The minimum atomic E-state index is -3.80. The standard InChI is InChI=1S/C23H25N3O4S/c1-16-11-13-25(14-12-16)21-20(18-5-3-2-4-6-18)22(27)26(23(21)28)15-17-7-9-19(10-8-17)31(24,29)30/h2-10,16H,11-15H2,1H3,(H2,24,29,30). The lowest BCUT2D eigenvalue weighted by Crippen LogP contribution is -2.38. The second-order valence-corrected chi connectivity index (χ2v) is 9.71. The van der Waals surface area contributed by atoms with Crippen molar-refractivity contribution in [1.82, 2.24) is 9.80 Å². The highest BCUT2D eigenvalue weighted by Crippen LogP contribution is 2.34. The van der Waals surface area contributed by atoms with E-state index in [-0.39, 0.29) is 23.3 Å². The fourth-order valence-corrected chi connectivity index (χ4v) is 4.58. The summed E-state index contributed by atoms with van der Waals surface area (Å²) in [6.45, 7) is 3.74. The Kier molecular flexibility index (Phi) is 5.68. The van der Waals surface area contributed by atoms with Crippen LogP contribution in [0.4, 0.5) is 0 Å². The topological polar surface area (TPSA) is 101 Å². The molecule has 0 unspecified atom stereocenters. The first-order valence-corrected chi connectivity index (χ1v) is 11.8. The number of amides is 2. The van der Waals surface area contributed by atoms with Crippen LogP contribution in [0.15, 0.2) is 65.2 Å². The number of carbonyl (C=O) groups excluding carboxylic acids is 2. The lowest BCUT2D eigenvalue weighted by molar-refractivity contribution is -0.138. The summed E-state index contributed by atoms with van der Waals surface area (Å²) in [5.41, 5.74) is 2.27. The Hall–Kier alpha value is -2.97. The quantitative estimate of drug-likeness (QED) is 0.721. The molecule has 0 aromatic heterocycles. The fourth-order valence-electron chi connectivity index (χ4n) is 4.06. The summed E-state index contributed by atoms with van der Waals surface area (Å²) in [6.07, 6.45) is 1.95. The molecule has 0 saturated carbocycles. The molecule has 2 aliphatic heterocycles. The van der Waals surface area contributed by atoms with Crippen molar-refractivity contribution in [1.29, 1.82) is 0 Å². The molecule has 31 heavy (non-hydrogen) atoms. The highest BCUT2D eigenvalue weighted by Gasteiger charge is 2.42. The molecular weight excluding hydrogens is 414 g/mol. The van der Waals surface area contributed by atoms with E-state index in [1.807, 2.05) is 35.2 Å². The zero-order valence-electron chi connectivity index (χ0n) is 17.3. The smallest absolute Gasteiger partial charge is 0.278 e. The molecule has 2 aliphatic rings. The molecular formula is C23H25N3O4S. The van der Waals surface area contributed by atoms with Gasteiger partial charge in [-0.3, -0.25) is 14.5 Å². The van der Waals surface area contributed by atoms with Gasteiger partial charge in [-0.1, -0.05) is 49.4 Å². The molecule has 4 rings (SSSR count). The Labute approximate surface area is 182 Å². The van der Waals surface area contributed by atoms with Crippen molar-refractivity contribution in [2.45, 2.75) is 31.2 Å². The third-order valence-electron chi connectivity index (χ3n) is 5.90. The Morgan fingerprint density at radius 1 is 0.935 bits per heavy atom. The average molecular weight is 440 g/mol. The van der Waals surface area contributed by atoms with Gasteiger partial charge >= 0.3 is 0 Å². The Bertz CT molecular complexity index is 1130. The van der Waals surface area contributed by atoms with Crippen LogP contribution in [0, 0.1) is 5.92 Å². The van der Waals surface area contributed by atoms with Gasteiger partial charge in [-0.15, -0.1) is 0 Å². The van der Waals surface area contributed by atoms with E-state index in [2.05, 4.69) is 6.92 Å². The van der Waals surface area contributed by atoms with Crippen molar-refractivity contribution in [3.05, 3.63) is 71.4 Å². The van der Waals surface area contributed by atoms with Gasteiger partial charge in [0.15, 0.2) is 0 Å². The van der Waals surface area contributed by atoms with E-state index in [9.17, 15) is 18.0 Å². The predicted molar refractivity (Wildman–Crippen MR) is 117 cm³/mol. The monoisotopic (exact) mass is 439 g/mol. The lowest BCUT2D eigenvalue weighted by Gasteiger charge is -2.32. The average Bonchev–Trinajstić information content (AvgIpc) is 2.99. The van der Waals surface area contributed by atoms with Crippen molar-refractivity contribution in [3.8, 4) is 0 Å². The Morgan fingerprint density at radius 3 is 2.13 bits per heavy atom. The van der Waals surface area contributed by atoms with Gasteiger partial charge in [0, 0.05) is 13.1 Å². The number of nitrogens with zero attached hydrogens (tertiary/aromatic N) is 2. The minimum Gasteiger partial charge on any atom is -0.366 e. The van der Waals surface area contributed by atoms with E-state index in [1.165, 1.54) is 17.0 Å². The van der Waals surface area contributed by atoms with Gasteiger partial charge in [0.2, 0.25) is 10.0 Å². The van der Waals surface area contributed by atoms with Crippen LogP contribution in [0.2, 0.25) is 0 Å². The summed E-state index contributed by atoms with van der Waals surface area (Å²) in [6, 6.07) is 15.2. The van der Waals surface area contributed by atoms with Gasteiger partial charge in [0.1, 0.15) is 5.70 Å². The van der Waals surface area contributed by atoms with Gasteiger partial charge in [0.05, 0.1) is 17.0 Å². The fraction of sp³-hybridized carbons (Fsp3) is 0.304. The number of benzene rings is 2. The van der Waals surface area contributed by atoms with Crippen LogP contribution in [-0.2, 0) is 26.2 Å². The van der Waals surface area contributed by atoms with Crippen LogP contribution in [0.5, 0.6) is 0 Å². The molecule has 2 aromatic carbocycles. The van der Waals surface area contributed by atoms with Crippen LogP contribution < -0.4 is 5.14 Å². The van der Waals surface area contributed by atoms with E-state index in [0.29, 0.717) is 22.8 Å². The summed E-state index contributed by atoms with van der Waals surface area (Å²) in [5.74, 6) is -0.0491. The van der Waals surface area contributed by atoms with Crippen molar-refractivity contribution < 1.29 is 18.0 Å². The number of imide groups is 1. The van der Waals surface area contributed by atoms with Crippen LogP contribution in [-0.4, -0.2) is 43.1 Å². The normalized spacial score (nSPS) is 18.3. The van der Waals surface area contributed by atoms with Gasteiger partial charge in [0.25, 0.3) is 11.8 Å². The number of likely N-dealkylation sites (tertiary alicyclic amines) is 1. The van der Waals surface area contributed by atoms with E-state index >= 15 is 0 Å². The number of piperidine rings is 1. The summed E-state index contributed by atoms with van der Waals surface area (Å²) in [5, 5.41) is 5.15. The van der Waals surface area contributed by atoms with Crippen LogP contribution in [0.3, 0.4) is 0 Å². The minimum absolute atomic E-state index is 0.0125. The summed E-state index contributed by atoms with van der Waals surface area (Å²) in [7, 11) is -3.80. The lowest BCUT2D eigenvalue weighted by atomic mass is 9.97. The van der Waals surface area contributed by atoms with Crippen molar-refractivity contribution in [2.75, 3.05) is 13.1 Å². The van der Waals surface area contributed by atoms with E-state index in [4.69, 9.17) is 5.14 Å². The van der Waals surface area contributed by atoms with Gasteiger partial charge < -0.3 is 4.90 Å². The third-order valence-corrected chi connectivity index (χ3v) is 6.83. The number of nitrogens with two attached hydrogens (primary N) is 1. The van der Waals surface area contributed by atoms with Gasteiger partial charge in [-0.25, -0.2) is 13.6 Å². The van der Waals surface area contributed by atoms with Crippen molar-refractivity contribution >= 4 is 27.4 Å². The largest absolute Gasteiger partial charge is 0.366 e. The van der Waals surface area contributed by atoms with Gasteiger partial charge in [-0.05, 0) is 42.0 Å². The summed E-state index contributed by atoms with van der Waals surface area (Å²) in [4.78, 5) is 30.0.